The van der Waals surface area contributed by atoms with Crippen LogP contribution in [0.2, 0.25) is 10.0 Å². The molecule has 2 fully saturated rings. The van der Waals surface area contributed by atoms with Gasteiger partial charge in [-0.15, -0.1) is 0 Å². The molecule has 1 saturated heterocycles. The summed E-state index contributed by atoms with van der Waals surface area (Å²) in [5, 5.41) is 7.82. The summed E-state index contributed by atoms with van der Waals surface area (Å²) in [7, 11) is 0. The summed E-state index contributed by atoms with van der Waals surface area (Å²) < 4.78 is 2.06. The number of aromatic nitrogens is 4. The van der Waals surface area contributed by atoms with Crippen LogP contribution in [0.4, 0.5) is 5.95 Å². The summed E-state index contributed by atoms with van der Waals surface area (Å²) in [6.45, 7) is 2.95. The SMILES string of the molecule is O=C(C1CC1)N1CCC[C@H](Nc2nccc(-n3c(-c4ccc(Cl)c(Cl)c4)nc4c3CNC4)n2)C1. The van der Waals surface area contributed by atoms with Gasteiger partial charge in [0.15, 0.2) is 0 Å². The molecular weight excluding hydrogens is 473 g/mol. The second-order valence-corrected chi connectivity index (χ2v) is 9.99. The number of carbonyl (C=O) groups is 1. The molecule has 3 aliphatic rings. The van der Waals surface area contributed by atoms with E-state index in [0.717, 1.165) is 60.8 Å². The number of imidazole rings is 1. The number of rotatable bonds is 5. The quantitative estimate of drug-likeness (QED) is 0.552. The van der Waals surface area contributed by atoms with Crippen LogP contribution in [0.15, 0.2) is 30.5 Å². The Hall–Kier alpha value is -2.68. The van der Waals surface area contributed by atoms with Gasteiger partial charge in [0.1, 0.15) is 11.6 Å². The van der Waals surface area contributed by atoms with Gasteiger partial charge >= 0.3 is 0 Å². The maximum absolute atomic E-state index is 12.5. The largest absolute Gasteiger partial charge is 0.350 e. The molecule has 1 amide bonds. The van der Waals surface area contributed by atoms with Crippen molar-refractivity contribution in [2.45, 2.75) is 44.8 Å². The first-order valence-electron chi connectivity index (χ1n) is 11.7. The fourth-order valence-electron chi connectivity index (χ4n) is 4.81. The van der Waals surface area contributed by atoms with E-state index in [0.29, 0.717) is 41.5 Å². The number of benzene rings is 1. The molecule has 2 N–H and O–H groups in total. The fraction of sp³-hybridized carbons (Fsp3) is 0.417. The predicted octanol–water partition coefficient (Wildman–Crippen LogP) is 4.05. The molecule has 2 aliphatic heterocycles. The van der Waals surface area contributed by atoms with Crippen molar-refractivity contribution in [3.63, 3.8) is 0 Å². The van der Waals surface area contributed by atoms with Crippen LogP contribution >= 0.6 is 23.2 Å². The van der Waals surface area contributed by atoms with Gasteiger partial charge in [0, 0.05) is 49.9 Å². The lowest BCUT2D eigenvalue weighted by molar-refractivity contribution is -0.133. The van der Waals surface area contributed by atoms with Gasteiger partial charge in [0.05, 0.1) is 21.4 Å². The summed E-state index contributed by atoms with van der Waals surface area (Å²) in [6.07, 6.45) is 5.79. The molecule has 0 unspecified atom stereocenters. The predicted molar refractivity (Wildman–Crippen MR) is 131 cm³/mol. The molecule has 0 radical (unpaired) electrons. The van der Waals surface area contributed by atoms with E-state index in [4.69, 9.17) is 33.2 Å². The first kappa shape index (κ1) is 21.8. The number of nitrogens with one attached hydrogen (secondary N) is 2. The van der Waals surface area contributed by atoms with Gasteiger partial charge in [-0.3, -0.25) is 9.36 Å². The molecule has 1 aliphatic carbocycles. The smallest absolute Gasteiger partial charge is 0.225 e. The molecule has 1 aromatic carbocycles. The van der Waals surface area contributed by atoms with E-state index in [1.165, 1.54) is 0 Å². The zero-order chi connectivity index (χ0) is 23.2. The van der Waals surface area contributed by atoms with E-state index in [9.17, 15) is 4.79 Å². The van der Waals surface area contributed by atoms with E-state index in [1.54, 1.807) is 12.3 Å². The summed E-state index contributed by atoms with van der Waals surface area (Å²) >= 11 is 12.4. The lowest BCUT2D eigenvalue weighted by Gasteiger charge is -2.33. The van der Waals surface area contributed by atoms with Crippen LogP contribution < -0.4 is 10.6 Å². The number of fused-ring (bicyclic) bond motifs is 1. The molecule has 0 bridgehead atoms. The number of halogens is 2. The lowest BCUT2D eigenvalue weighted by Crippen LogP contribution is -2.45. The third kappa shape index (κ3) is 4.15. The number of amides is 1. The van der Waals surface area contributed by atoms with E-state index in [-0.39, 0.29) is 12.0 Å². The highest BCUT2D eigenvalue weighted by Gasteiger charge is 2.35. The number of hydrogen-bond acceptors (Lipinski definition) is 6. The van der Waals surface area contributed by atoms with Crippen LogP contribution in [0.1, 0.15) is 37.1 Å². The molecule has 2 aromatic heterocycles. The van der Waals surface area contributed by atoms with Crippen LogP contribution in [0.5, 0.6) is 0 Å². The summed E-state index contributed by atoms with van der Waals surface area (Å²) in [5.74, 6) is 2.60. The molecule has 1 saturated carbocycles. The second kappa shape index (κ2) is 8.83. The molecule has 1 atom stereocenters. The zero-order valence-corrected chi connectivity index (χ0v) is 20.1. The number of anilines is 1. The van der Waals surface area contributed by atoms with Crippen molar-refractivity contribution in [2.75, 3.05) is 18.4 Å². The average molecular weight is 498 g/mol. The van der Waals surface area contributed by atoms with Crippen molar-refractivity contribution in [2.24, 2.45) is 5.92 Å². The minimum Gasteiger partial charge on any atom is -0.350 e. The van der Waals surface area contributed by atoms with Crippen molar-refractivity contribution in [3.05, 3.63) is 51.9 Å². The molecule has 8 nitrogen and oxygen atoms in total. The Morgan fingerprint density at radius 2 is 1.97 bits per heavy atom. The Morgan fingerprint density at radius 3 is 2.79 bits per heavy atom. The second-order valence-electron chi connectivity index (χ2n) is 9.18. The third-order valence-corrected chi connectivity index (χ3v) is 7.42. The molecule has 4 heterocycles. The Morgan fingerprint density at radius 1 is 1.09 bits per heavy atom. The summed E-state index contributed by atoms with van der Waals surface area (Å²) in [5.41, 5.74) is 2.94. The molecule has 176 valence electrons. The van der Waals surface area contributed by atoms with Crippen LogP contribution in [-0.2, 0) is 17.9 Å². The maximum Gasteiger partial charge on any atom is 0.225 e. The van der Waals surface area contributed by atoms with E-state index >= 15 is 0 Å². The fourth-order valence-corrected chi connectivity index (χ4v) is 5.10. The maximum atomic E-state index is 12.5. The summed E-state index contributed by atoms with van der Waals surface area (Å²) in [4.78, 5) is 28.7. The van der Waals surface area contributed by atoms with Gasteiger partial charge in [-0.25, -0.2) is 9.97 Å². The molecule has 0 spiro atoms. The Bertz CT molecular complexity index is 1260. The molecule has 10 heteroatoms. The first-order chi connectivity index (χ1) is 16.6. The third-order valence-electron chi connectivity index (χ3n) is 6.68. The van der Waals surface area contributed by atoms with Gasteiger partial charge in [0.2, 0.25) is 11.9 Å². The monoisotopic (exact) mass is 497 g/mol. The van der Waals surface area contributed by atoms with Gasteiger partial charge in [-0.1, -0.05) is 23.2 Å². The molecule has 34 heavy (non-hydrogen) atoms. The molecular formula is C24H25Cl2N7O. The topological polar surface area (TPSA) is 88.0 Å². The highest BCUT2D eigenvalue weighted by molar-refractivity contribution is 6.42. The average Bonchev–Trinajstić information content (AvgIpc) is 3.49. The van der Waals surface area contributed by atoms with Crippen LogP contribution in [0.25, 0.3) is 17.2 Å². The van der Waals surface area contributed by atoms with E-state index in [1.807, 2.05) is 23.1 Å². The van der Waals surface area contributed by atoms with Crippen molar-refractivity contribution >= 4 is 35.1 Å². The van der Waals surface area contributed by atoms with Crippen LogP contribution in [0, 0.1) is 5.92 Å². The van der Waals surface area contributed by atoms with E-state index in [2.05, 4.69) is 20.2 Å². The highest BCUT2D eigenvalue weighted by atomic mass is 35.5. The normalized spacial score (nSPS) is 19.8. The Balaban J connectivity index is 1.29. The van der Waals surface area contributed by atoms with Gasteiger partial charge < -0.3 is 15.5 Å². The number of piperidine rings is 1. The number of carbonyl (C=O) groups excluding carboxylic acids is 1. The molecule has 3 aromatic rings. The van der Waals surface area contributed by atoms with Gasteiger partial charge in [0.25, 0.3) is 0 Å². The zero-order valence-electron chi connectivity index (χ0n) is 18.6. The summed E-state index contributed by atoms with van der Waals surface area (Å²) in [6, 6.07) is 7.56. The van der Waals surface area contributed by atoms with Crippen molar-refractivity contribution < 1.29 is 4.79 Å². The highest BCUT2D eigenvalue weighted by Crippen LogP contribution is 2.33. The number of nitrogens with zero attached hydrogens (tertiary/aromatic N) is 5. The Kier molecular flexibility index (Phi) is 5.67. The Labute approximate surface area is 207 Å². The minimum atomic E-state index is 0.136. The van der Waals surface area contributed by atoms with Crippen LogP contribution in [0.3, 0.4) is 0 Å². The minimum absolute atomic E-state index is 0.136. The lowest BCUT2D eigenvalue weighted by atomic mass is 10.1. The first-order valence-corrected chi connectivity index (χ1v) is 12.5. The van der Waals surface area contributed by atoms with Crippen molar-refractivity contribution in [3.8, 4) is 17.2 Å². The molecule has 6 rings (SSSR count). The van der Waals surface area contributed by atoms with Crippen LogP contribution in [-0.4, -0.2) is 49.5 Å². The number of hydrogen-bond donors (Lipinski definition) is 2. The van der Waals surface area contributed by atoms with E-state index < -0.39 is 0 Å². The van der Waals surface area contributed by atoms with Crippen molar-refractivity contribution in [1.29, 1.82) is 0 Å². The number of likely N-dealkylation sites (tertiary alicyclic amines) is 1. The van der Waals surface area contributed by atoms with Crippen molar-refractivity contribution in [1.82, 2.24) is 29.7 Å². The standard InChI is InChI=1S/C24H25Cl2N7O/c25-17-6-5-15(10-18(17)26)22-30-19-11-27-12-20(19)33(22)21-7-8-28-24(31-21)29-16-2-1-9-32(13-16)23(34)14-3-4-14/h5-8,10,14,16,27H,1-4,9,11-13H2,(H,28,29,31)/t16-/m0/s1. The van der Waals surface area contributed by atoms with Gasteiger partial charge in [-0.2, -0.15) is 4.98 Å². The van der Waals surface area contributed by atoms with Gasteiger partial charge in [-0.05, 0) is 49.9 Å².